The van der Waals surface area contributed by atoms with E-state index < -0.39 is 0 Å². The fourth-order valence-corrected chi connectivity index (χ4v) is 4.24. The van der Waals surface area contributed by atoms with Gasteiger partial charge in [0.15, 0.2) is 0 Å². The monoisotopic (exact) mass is 384 g/mol. The molecule has 3 saturated heterocycles. The number of rotatable bonds is 5. The Hall–Kier alpha value is -2.74. The highest BCUT2D eigenvalue weighted by molar-refractivity contribution is 5.84. The first kappa shape index (κ1) is 18.6. The van der Waals surface area contributed by atoms with Crippen LogP contribution in [0, 0.1) is 5.92 Å². The number of hydrogen-bond acceptors (Lipinski definition) is 5. The maximum atomic E-state index is 13.1. The third kappa shape index (κ3) is 3.40. The number of hydrogen-bond donors (Lipinski definition) is 0. The summed E-state index contributed by atoms with van der Waals surface area (Å²) in [5, 5.41) is 0. The van der Waals surface area contributed by atoms with Gasteiger partial charge in [-0.15, -0.1) is 0 Å². The minimum absolute atomic E-state index is 0.0104. The van der Waals surface area contributed by atoms with Crippen LogP contribution in [-0.4, -0.2) is 70.6 Å². The third-order valence-electron chi connectivity index (χ3n) is 5.73. The summed E-state index contributed by atoms with van der Waals surface area (Å²) in [4.78, 5) is 45.9. The number of fused-ring (bicyclic) bond motifs is 5. The molecular formula is C20H24N4O4. The molecule has 2 aromatic rings. The Balaban J connectivity index is 1.56. The zero-order chi connectivity index (χ0) is 19.7. The fraction of sp³-hybridized carbons (Fsp3) is 0.500. The Morgan fingerprint density at radius 1 is 1.21 bits per heavy atom. The van der Waals surface area contributed by atoms with Gasteiger partial charge in [-0.3, -0.25) is 19.0 Å². The van der Waals surface area contributed by atoms with Crippen LogP contribution in [0.15, 0.2) is 35.3 Å². The molecule has 2 amide bonds. The summed E-state index contributed by atoms with van der Waals surface area (Å²) >= 11 is 0. The van der Waals surface area contributed by atoms with E-state index in [-0.39, 0.29) is 35.9 Å². The zero-order valence-corrected chi connectivity index (χ0v) is 15.9. The molecule has 3 aliphatic heterocycles. The highest BCUT2D eigenvalue weighted by Crippen LogP contribution is 2.29. The van der Waals surface area contributed by atoms with Gasteiger partial charge in [-0.2, -0.15) is 0 Å². The number of methoxy groups -OCH3 is 1. The SMILES string of the molecule is COCCN1C(=O)[C@H]2CC[C@@H]1CN(C(=O)Cn1c(=O)cnc3ccccc31)C2. The van der Waals surface area contributed by atoms with Gasteiger partial charge in [0.25, 0.3) is 5.56 Å². The van der Waals surface area contributed by atoms with Gasteiger partial charge in [-0.1, -0.05) is 12.1 Å². The van der Waals surface area contributed by atoms with Crippen molar-refractivity contribution in [1.29, 1.82) is 0 Å². The molecule has 0 unspecified atom stereocenters. The standard InChI is InChI=1S/C20H24N4O4/c1-28-9-8-23-15-7-6-14(20(23)27)11-22(12-15)19(26)13-24-17-5-3-2-4-16(17)21-10-18(24)25/h2-5,10,14-15H,6-9,11-13H2,1H3/t14-,15+/m0/s1. The van der Waals surface area contributed by atoms with Crippen LogP contribution in [-0.2, 0) is 20.9 Å². The van der Waals surface area contributed by atoms with Crippen LogP contribution in [0.1, 0.15) is 12.8 Å². The van der Waals surface area contributed by atoms with Crippen molar-refractivity contribution in [2.45, 2.75) is 25.4 Å². The number of carbonyl (C=O) groups excluding carboxylic acids is 2. The largest absolute Gasteiger partial charge is 0.383 e. The highest BCUT2D eigenvalue weighted by atomic mass is 16.5. The van der Waals surface area contributed by atoms with E-state index in [9.17, 15) is 14.4 Å². The van der Waals surface area contributed by atoms with E-state index in [4.69, 9.17) is 4.74 Å². The van der Waals surface area contributed by atoms with E-state index >= 15 is 0 Å². The van der Waals surface area contributed by atoms with Crippen molar-refractivity contribution in [3.05, 3.63) is 40.8 Å². The summed E-state index contributed by atoms with van der Waals surface area (Å²) in [6, 6.07) is 7.28. The second-order valence-electron chi connectivity index (χ2n) is 7.42. The first-order valence-corrected chi connectivity index (χ1v) is 9.60. The van der Waals surface area contributed by atoms with Crippen LogP contribution in [0.3, 0.4) is 0 Å². The van der Waals surface area contributed by atoms with Gasteiger partial charge in [0.2, 0.25) is 11.8 Å². The van der Waals surface area contributed by atoms with Gasteiger partial charge in [-0.05, 0) is 25.0 Å². The van der Waals surface area contributed by atoms with E-state index in [0.29, 0.717) is 37.3 Å². The third-order valence-corrected chi connectivity index (χ3v) is 5.73. The second-order valence-corrected chi connectivity index (χ2v) is 7.42. The van der Waals surface area contributed by atoms with E-state index in [2.05, 4.69) is 4.98 Å². The number of piperidine rings is 1. The molecule has 148 valence electrons. The van der Waals surface area contributed by atoms with Crippen molar-refractivity contribution >= 4 is 22.8 Å². The first-order valence-electron chi connectivity index (χ1n) is 9.60. The molecule has 5 rings (SSSR count). The molecule has 0 radical (unpaired) electrons. The molecule has 3 aliphatic rings. The average molecular weight is 384 g/mol. The van der Waals surface area contributed by atoms with Gasteiger partial charge in [-0.25, -0.2) is 4.98 Å². The number of aromatic nitrogens is 2. The lowest BCUT2D eigenvalue weighted by Crippen LogP contribution is -2.49. The molecule has 1 aromatic heterocycles. The smallest absolute Gasteiger partial charge is 0.269 e. The van der Waals surface area contributed by atoms with Gasteiger partial charge < -0.3 is 14.5 Å². The van der Waals surface area contributed by atoms with Gasteiger partial charge in [0.1, 0.15) is 6.54 Å². The van der Waals surface area contributed by atoms with Crippen molar-refractivity contribution < 1.29 is 14.3 Å². The molecule has 0 aliphatic carbocycles. The molecular weight excluding hydrogens is 360 g/mol. The molecule has 0 spiro atoms. The van der Waals surface area contributed by atoms with Crippen molar-refractivity contribution in [2.24, 2.45) is 5.92 Å². The number of carbonyl (C=O) groups is 2. The highest BCUT2D eigenvalue weighted by Gasteiger charge is 2.41. The van der Waals surface area contributed by atoms with Crippen LogP contribution in [0.2, 0.25) is 0 Å². The molecule has 2 bridgehead atoms. The summed E-state index contributed by atoms with van der Waals surface area (Å²) in [5.41, 5.74) is 1.01. The predicted molar refractivity (Wildman–Crippen MR) is 103 cm³/mol. The summed E-state index contributed by atoms with van der Waals surface area (Å²) < 4.78 is 6.59. The lowest BCUT2D eigenvalue weighted by Gasteiger charge is -2.35. The van der Waals surface area contributed by atoms with Crippen LogP contribution < -0.4 is 5.56 Å². The van der Waals surface area contributed by atoms with Crippen molar-refractivity contribution in [3.8, 4) is 0 Å². The summed E-state index contributed by atoms with van der Waals surface area (Å²) in [6.45, 7) is 1.90. The molecule has 0 N–H and O–H groups in total. The fourth-order valence-electron chi connectivity index (χ4n) is 4.24. The topological polar surface area (TPSA) is 84.7 Å². The maximum Gasteiger partial charge on any atom is 0.269 e. The number of ether oxygens (including phenoxy) is 1. The summed E-state index contributed by atoms with van der Waals surface area (Å²) in [6.07, 6.45) is 2.94. The number of benzene rings is 1. The maximum absolute atomic E-state index is 13.1. The van der Waals surface area contributed by atoms with Gasteiger partial charge in [0, 0.05) is 32.8 Å². The number of para-hydroxylation sites is 2. The van der Waals surface area contributed by atoms with E-state index in [1.807, 2.05) is 23.1 Å². The molecule has 4 heterocycles. The van der Waals surface area contributed by atoms with E-state index in [0.717, 1.165) is 12.8 Å². The first-order chi connectivity index (χ1) is 13.6. The molecule has 1 aromatic carbocycles. The van der Waals surface area contributed by atoms with Gasteiger partial charge in [0.05, 0.1) is 29.8 Å². The Labute approximate surface area is 162 Å². The average Bonchev–Trinajstić information content (AvgIpc) is 3.00. The minimum Gasteiger partial charge on any atom is -0.383 e. The van der Waals surface area contributed by atoms with Crippen LogP contribution >= 0.6 is 0 Å². The molecule has 8 nitrogen and oxygen atoms in total. The Morgan fingerprint density at radius 3 is 2.86 bits per heavy atom. The summed E-state index contributed by atoms with van der Waals surface area (Å²) in [7, 11) is 1.62. The lowest BCUT2D eigenvalue weighted by atomic mass is 9.94. The quantitative estimate of drug-likeness (QED) is 0.749. The molecule has 28 heavy (non-hydrogen) atoms. The molecule has 8 heteroatoms. The van der Waals surface area contributed by atoms with Crippen molar-refractivity contribution in [2.75, 3.05) is 33.4 Å². The van der Waals surface area contributed by atoms with Gasteiger partial charge >= 0.3 is 0 Å². The van der Waals surface area contributed by atoms with E-state index in [1.54, 1.807) is 18.1 Å². The van der Waals surface area contributed by atoms with E-state index in [1.165, 1.54) is 10.8 Å². The molecule has 2 atom stereocenters. The normalized spacial score (nSPS) is 22.0. The van der Waals surface area contributed by atoms with Crippen LogP contribution in [0.4, 0.5) is 0 Å². The molecule has 0 saturated carbocycles. The Kier molecular flexibility index (Phi) is 5.13. The number of nitrogens with zero attached hydrogens (tertiary/aromatic N) is 4. The van der Waals surface area contributed by atoms with Crippen molar-refractivity contribution in [1.82, 2.24) is 19.4 Å². The zero-order valence-electron chi connectivity index (χ0n) is 15.9. The van der Waals surface area contributed by atoms with Crippen LogP contribution in [0.5, 0.6) is 0 Å². The Morgan fingerprint density at radius 2 is 2.04 bits per heavy atom. The number of amides is 2. The predicted octanol–water partition coefficient (Wildman–Crippen LogP) is 0.492. The minimum atomic E-state index is -0.303. The second kappa shape index (κ2) is 7.71. The van der Waals surface area contributed by atoms with Crippen molar-refractivity contribution in [3.63, 3.8) is 0 Å². The summed E-state index contributed by atoms with van der Waals surface area (Å²) in [5.74, 6) is -0.211. The molecule has 3 fully saturated rings. The lowest BCUT2D eigenvalue weighted by molar-refractivity contribution is -0.140. The van der Waals surface area contributed by atoms with Crippen LogP contribution in [0.25, 0.3) is 11.0 Å². The Bertz CT molecular complexity index is 957.